The van der Waals surface area contributed by atoms with Crippen LogP contribution in [0, 0.1) is 0 Å². The van der Waals surface area contributed by atoms with Crippen molar-refractivity contribution in [2.45, 2.75) is 45.6 Å². The second-order valence-corrected chi connectivity index (χ2v) is 11.4. The van der Waals surface area contributed by atoms with Gasteiger partial charge in [-0.25, -0.2) is 4.98 Å². The molecule has 38 heavy (non-hydrogen) atoms. The number of hydrogen-bond donors (Lipinski definition) is 1. The summed E-state index contributed by atoms with van der Waals surface area (Å²) in [6, 6.07) is 19.8. The molecule has 6 nitrogen and oxygen atoms in total. The average molecular weight is 527 g/mol. The van der Waals surface area contributed by atoms with Crippen LogP contribution in [0.5, 0.6) is 5.75 Å². The molecule has 2 heterocycles. The fraction of sp³-hybridized carbons (Fsp3) is 0.258. The summed E-state index contributed by atoms with van der Waals surface area (Å²) >= 11 is 1.37. The van der Waals surface area contributed by atoms with Crippen molar-refractivity contribution in [3.8, 4) is 5.75 Å². The lowest BCUT2D eigenvalue weighted by Gasteiger charge is -2.24. The van der Waals surface area contributed by atoms with Crippen molar-refractivity contribution in [3.05, 3.63) is 94.6 Å². The van der Waals surface area contributed by atoms with Gasteiger partial charge in [-0.1, -0.05) is 69.4 Å². The van der Waals surface area contributed by atoms with E-state index in [1.165, 1.54) is 21.8 Å². The third-order valence-corrected chi connectivity index (χ3v) is 7.97. The molecule has 0 radical (unpaired) electrons. The molecule has 0 spiro atoms. The monoisotopic (exact) mass is 526 g/mol. The quantitative estimate of drug-likeness (QED) is 0.176. The number of aliphatic hydroxyl groups excluding tert-OH is 1. The molecule has 1 saturated heterocycles. The summed E-state index contributed by atoms with van der Waals surface area (Å²) in [6.07, 6.45) is 0.885. The number of carbonyl (C=O) groups excluding carboxylic acids is 2. The molecule has 7 heteroatoms. The molecule has 1 N–H and O–H groups in total. The van der Waals surface area contributed by atoms with Crippen LogP contribution >= 0.6 is 11.3 Å². The van der Waals surface area contributed by atoms with Crippen molar-refractivity contribution < 1.29 is 19.4 Å². The Morgan fingerprint density at radius 1 is 1.03 bits per heavy atom. The molecule has 1 fully saturated rings. The Kier molecular flexibility index (Phi) is 6.57. The number of methoxy groups -OCH3 is 1. The van der Waals surface area contributed by atoms with Crippen LogP contribution in [0.25, 0.3) is 16.0 Å². The minimum atomic E-state index is -0.822. The van der Waals surface area contributed by atoms with Gasteiger partial charge in [0.05, 0.1) is 28.9 Å². The summed E-state index contributed by atoms with van der Waals surface area (Å²) in [7, 11) is 1.56. The number of amides is 1. The lowest BCUT2D eigenvalue weighted by atomic mass is 9.85. The summed E-state index contributed by atoms with van der Waals surface area (Å²) < 4.78 is 6.17. The highest BCUT2D eigenvalue weighted by Crippen LogP contribution is 2.44. The number of benzene rings is 3. The number of rotatable bonds is 5. The van der Waals surface area contributed by atoms with Crippen molar-refractivity contribution in [2.24, 2.45) is 0 Å². The van der Waals surface area contributed by atoms with Crippen molar-refractivity contribution in [3.63, 3.8) is 0 Å². The summed E-state index contributed by atoms with van der Waals surface area (Å²) in [4.78, 5) is 33.2. The Morgan fingerprint density at radius 2 is 1.71 bits per heavy atom. The van der Waals surface area contributed by atoms with Crippen molar-refractivity contribution in [1.29, 1.82) is 0 Å². The standard InChI is InChI=1S/C31H30N2O4S/c1-6-18-7-16-23-24(17-18)38-30(32-23)33-26(19-8-12-21(13-9-19)31(2,3)4)25(28(35)29(33)36)27(34)20-10-14-22(37-5)15-11-20/h7-17,26,34H,6H2,1-5H3/t26-/m0/s1. The molecule has 194 valence electrons. The number of aromatic nitrogens is 1. The summed E-state index contributed by atoms with van der Waals surface area (Å²) in [5, 5.41) is 11.8. The van der Waals surface area contributed by atoms with Gasteiger partial charge in [0.1, 0.15) is 11.5 Å². The Morgan fingerprint density at radius 3 is 2.32 bits per heavy atom. The number of fused-ring (bicyclic) bond motifs is 1. The van der Waals surface area contributed by atoms with E-state index < -0.39 is 17.7 Å². The third kappa shape index (κ3) is 4.47. The molecule has 1 aromatic heterocycles. The highest BCUT2D eigenvalue weighted by atomic mass is 32.1. The summed E-state index contributed by atoms with van der Waals surface area (Å²) in [5.74, 6) is -1.05. The van der Waals surface area contributed by atoms with E-state index in [1.54, 1.807) is 31.4 Å². The first-order valence-electron chi connectivity index (χ1n) is 12.6. The number of nitrogens with zero attached hydrogens (tertiary/aromatic N) is 2. The topological polar surface area (TPSA) is 79.7 Å². The normalized spacial score (nSPS) is 17.4. The van der Waals surface area contributed by atoms with Crippen LogP contribution in [0.4, 0.5) is 5.13 Å². The minimum Gasteiger partial charge on any atom is -0.507 e. The fourth-order valence-electron chi connectivity index (χ4n) is 4.69. The largest absolute Gasteiger partial charge is 0.507 e. The predicted molar refractivity (Wildman–Crippen MR) is 152 cm³/mol. The maximum absolute atomic E-state index is 13.5. The van der Waals surface area contributed by atoms with E-state index >= 15 is 0 Å². The van der Waals surface area contributed by atoms with Gasteiger partial charge < -0.3 is 9.84 Å². The number of carbonyl (C=O) groups is 2. The molecule has 5 rings (SSSR count). The second-order valence-electron chi connectivity index (χ2n) is 10.4. The number of thiazole rings is 1. The van der Waals surface area contributed by atoms with E-state index in [9.17, 15) is 14.7 Å². The van der Waals surface area contributed by atoms with E-state index in [0.717, 1.165) is 27.8 Å². The highest BCUT2D eigenvalue weighted by Gasteiger charge is 2.48. The predicted octanol–water partition coefficient (Wildman–Crippen LogP) is 6.79. The van der Waals surface area contributed by atoms with Crippen LogP contribution in [0.1, 0.15) is 56.0 Å². The molecule has 1 aliphatic rings. The number of hydrogen-bond acceptors (Lipinski definition) is 6. The Bertz CT molecular complexity index is 1560. The molecular weight excluding hydrogens is 496 g/mol. The highest BCUT2D eigenvalue weighted by molar-refractivity contribution is 7.22. The second kappa shape index (κ2) is 9.72. The van der Waals surface area contributed by atoms with E-state index in [0.29, 0.717) is 16.4 Å². The zero-order valence-corrected chi connectivity index (χ0v) is 22.9. The molecular formula is C31H30N2O4S. The lowest BCUT2D eigenvalue weighted by molar-refractivity contribution is -0.132. The number of Topliss-reactive ketones (excluding diaryl/α,β-unsaturated/α-hetero) is 1. The molecule has 1 amide bonds. The van der Waals surface area contributed by atoms with E-state index in [1.807, 2.05) is 36.4 Å². The zero-order valence-electron chi connectivity index (χ0n) is 22.1. The van der Waals surface area contributed by atoms with Crippen LogP contribution in [-0.4, -0.2) is 28.9 Å². The van der Waals surface area contributed by atoms with Gasteiger partial charge in [-0.05, 0) is 64.9 Å². The number of ketones is 1. The van der Waals surface area contributed by atoms with Crippen molar-refractivity contribution in [2.75, 3.05) is 12.0 Å². The molecule has 0 unspecified atom stereocenters. The third-order valence-electron chi connectivity index (χ3n) is 6.96. The zero-order chi connectivity index (χ0) is 27.2. The summed E-state index contributed by atoms with van der Waals surface area (Å²) in [6.45, 7) is 8.47. The maximum Gasteiger partial charge on any atom is 0.301 e. The average Bonchev–Trinajstić information content (AvgIpc) is 3.45. The van der Waals surface area contributed by atoms with Gasteiger partial charge in [-0.3, -0.25) is 14.5 Å². The van der Waals surface area contributed by atoms with Gasteiger partial charge in [0, 0.05) is 5.56 Å². The number of aliphatic hydroxyl groups is 1. The van der Waals surface area contributed by atoms with Gasteiger partial charge in [0.15, 0.2) is 5.13 Å². The van der Waals surface area contributed by atoms with Gasteiger partial charge in [-0.15, -0.1) is 0 Å². The summed E-state index contributed by atoms with van der Waals surface area (Å²) in [5.41, 5.74) is 4.19. The lowest BCUT2D eigenvalue weighted by Crippen LogP contribution is -2.29. The number of ether oxygens (including phenoxy) is 1. The molecule has 1 aliphatic heterocycles. The SMILES string of the molecule is CCc1ccc2nc(N3C(=O)C(=O)C(=C(O)c4ccc(OC)cc4)[C@@H]3c3ccc(C(C)(C)C)cc3)sc2c1. The Hall–Kier alpha value is -3.97. The van der Waals surface area contributed by atoms with Gasteiger partial charge in [-0.2, -0.15) is 0 Å². The van der Waals surface area contributed by atoms with Crippen molar-refractivity contribution in [1.82, 2.24) is 4.98 Å². The van der Waals surface area contributed by atoms with Crippen LogP contribution in [0.2, 0.25) is 0 Å². The molecule has 4 aromatic rings. The fourth-order valence-corrected chi connectivity index (χ4v) is 5.75. The smallest absolute Gasteiger partial charge is 0.301 e. The van der Waals surface area contributed by atoms with Crippen LogP contribution in [-0.2, 0) is 21.4 Å². The van der Waals surface area contributed by atoms with E-state index in [-0.39, 0.29) is 16.7 Å². The Balaban J connectivity index is 1.69. The van der Waals surface area contributed by atoms with E-state index in [2.05, 4.69) is 33.8 Å². The first-order valence-corrected chi connectivity index (χ1v) is 13.4. The van der Waals surface area contributed by atoms with E-state index in [4.69, 9.17) is 9.72 Å². The van der Waals surface area contributed by atoms with Gasteiger partial charge in [0.25, 0.3) is 5.78 Å². The number of anilines is 1. The van der Waals surface area contributed by atoms with Crippen LogP contribution < -0.4 is 9.64 Å². The van der Waals surface area contributed by atoms with Crippen molar-refractivity contribution >= 4 is 44.1 Å². The van der Waals surface area contributed by atoms with Crippen LogP contribution in [0.3, 0.4) is 0 Å². The molecule has 3 aromatic carbocycles. The van der Waals surface area contributed by atoms with Gasteiger partial charge in [0.2, 0.25) is 0 Å². The van der Waals surface area contributed by atoms with Crippen LogP contribution in [0.15, 0.2) is 72.3 Å². The maximum atomic E-state index is 13.5. The molecule has 1 atom stereocenters. The first kappa shape index (κ1) is 25.7. The molecule has 0 aliphatic carbocycles. The number of aryl methyl sites for hydroxylation is 1. The Labute approximate surface area is 226 Å². The molecule has 0 saturated carbocycles. The minimum absolute atomic E-state index is 0.0391. The molecule has 0 bridgehead atoms. The first-order chi connectivity index (χ1) is 18.1. The van der Waals surface area contributed by atoms with Gasteiger partial charge >= 0.3 is 5.91 Å².